The number of carbonyl (C=O) groups is 2. The molecule has 33 heavy (non-hydrogen) atoms. The van der Waals surface area contributed by atoms with Crippen molar-refractivity contribution in [2.45, 2.75) is 142 Å². The molecule has 0 aliphatic carbocycles. The Morgan fingerprint density at radius 2 is 0.727 bits per heavy atom. The predicted octanol–water partition coefficient (Wildman–Crippen LogP) is 9.09. The van der Waals surface area contributed by atoms with Crippen LogP contribution in [0.3, 0.4) is 0 Å². The van der Waals surface area contributed by atoms with Crippen LogP contribution >= 0.6 is 0 Å². The molecule has 0 aliphatic rings. The van der Waals surface area contributed by atoms with Gasteiger partial charge in [0.1, 0.15) is 0 Å². The van der Waals surface area contributed by atoms with Gasteiger partial charge in [0.15, 0.2) is 0 Å². The van der Waals surface area contributed by atoms with Gasteiger partial charge in [0.05, 0.1) is 0 Å². The largest absolute Gasteiger partial charge is 0.478 e. The molecule has 0 saturated carbocycles. The number of carboxylic acid groups (broad SMARTS) is 2. The molecule has 5 heteroatoms. The molecule has 0 rings (SSSR count). The van der Waals surface area contributed by atoms with Crippen LogP contribution in [0, 0.1) is 0 Å². The van der Waals surface area contributed by atoms with Gasteiger partial charge >= 0.3 is 11.9 Å². The van der Waals surface area contributed by atoms with E-state index in [1.807, 2.05) is 0 Å². The van der Waals surface area contributed by atoms with Gasteiger partial charge < -0.3 is 10.2 Å². The van der Waals surface area contributed by atoms with E-state index in [4.69, 9.17) is 10.2 Å². The van der Waals surface area contributed by atoms with E-state index in [1.54, 1.807) is 12.2 Å². The van der Waals surface area contributed by atoms with Gasteiger partial charge in [0.2, 0.25) is 0 Å². The molecule has 190 valence electrons. The second-order valence-electron chi connectivity index (χ2n) is 8.72. The van der Waals surface area contributed by atoms with E-state index in [2.05, 4.69) is 13.8 Å². The summed E-state index contributed by atoms with van der Waals surface area (Å²) in [5.74, 6) is -1.67. The third-order valence-electron chi connectivity index (χ3n) is 5.47. The van der Waals surface area contributed by atoms with Crippen LogP contribution in [0.4, 0.5) is 0 Å². The second kappa shape index (κ2) is 33.2. The number of carboxylic acids is 2. The van der Waals surface area contributed by atoms with Crippen LogP contribution in [0.1, 0.15) is 142 Å². The van der Waals surface area contributed by atoms with Crippen molar-refractivity contribution in [2.24, 2.45) is 0 Å². The van der Waals surface area contributed by atoms with Gasteiger partial charge in [-0.2, -0.15) is 0 Å². The topological polar surface area (TPSA) is 74.6 Å². The fraction of sp³-hybridized carbons (Fsp3) is 0.786. The molecule has 0 aliphatic heterocycles. The SMILES string of the molecule is CCCCCCCCCCCC=CC(=O)O.CCCCCCCCCCCC=CC(=O)O.[Zn]. The van der Waals surface area contributed by atoms with E-state index in [0.717, 1.165) is 25.7 Å². The predicted molar refractivity (Wildman–Crippen MR) is 137 cm³/mol. The van der Waals surface area contributed by atoms with Gasteiger partial charge in [-0.25, -0.2) is 9.59 Å². The molecule has 0 spiro atoms. The van der Waals surface area contributed by atoms with Crippen LogP contribution in [0.15, 0.2) is 24.3 Å². The molecule has 2 N–H and O–H groups in total. The van der Waals surface area contributed by atoms with E-state index in [0.29, 0.717) is 0 Å². The summed E-state index contributed by atoms with van der Waals surface area (Å²) in [5, 5.41) is 16.7. The summed E-state index contributed by atoms with van der Waals surface area (Å²) in [6.45, 7) is 4.48. The molecule has 0 saturated heterocycles. The van der Waals surface area contributed by atoms with Crippen molar-refractivity contribution in [1.29, 1.82) is 0 Å². The number of unbranched alkanes of at least 4 members (excludes halogenated alkanes) is 18. The van der Waals surface area contributed by atoms with Crippen LogP contribution in [-0.4, -0.2) is 22.2 Å². The summed E-state index contributed by atoms with van der Waals surface area (Å²) in [5.41, 5.74) is 0. The molecule has 0 heterocycles. The Labute approximate surface area is 217 Å². The smallest absolute Gasteiger partial charge is 0.327 e. The maximum absolute atomic E-state index is 10.2. The maximum atomic E-state index is 10.2. The monoisotopic (exact) mass is 516 g/mol. The Bertz CT molecular complexity index is 419. The average Bonchev–Trinajstić information content (AvgIpc) is 2.76. The minimum atomic E-state index is -0.837. The Hall–Kier alpha value is -0.957. The molecule has 0 aromatic rings. The first-order valence-electron chi connectivity index (χ1n) is 13.3. The molecular formula is C28H52O4Zn. The second-order valence-corrected chi connectivity index (χ2v) is 8.72. The molecule has 0 atom stereocenters. The van der Waals surface area contributed by atoms with E-state index < -0.39 is 11.9 Å². The molecule has 0 bridgehead atoms. The standard InChI is InChI=1S/2C14H26O2.Zn/c2*1-2-3-4-5-6-7-8-9-10-11-12-13-14(15)16;/h2*12-13H,2-11H2,1H3,(H,15,16);. The van der Waals surface area contributed by atoms with E-state index in [-0.39, 0.29) is 19.5 Å². The minimum absolute atomic E-state index is 0. The Kier molecular flexibility index (Phi) is 36.9. The van der Waals surface area contributed by atoms with Crippen LogP contribution < -0.4 is 0 Å². The summed E-state index contributed by atoms with van der Waals surface area (Å²) >= 11 is 0. The molecular weight excluding hydrogens is 466 g/mol. The van der Waals surface area contributed by atoms with Crippen molar-refractivity contribution in [1.82, 2.24) is 0 Å². The summed E-state index contributed by atoms with van der Waals surface area (Å²) in [6, 6.07) is 0. The number of hydrogen-bond acceptors (Lipinski definition) is 2. The van der Waals surface area contributed by atoms with Crippen LogP contribution in [0.25, 0.3) is 0 Å². The first-order chi connectivity index (χ1) is 15.5. The Balaban J connectivity index is -0.000000529. The third kappa shape index (κ3) is 41.8. The van der Waals surface area contributed by atoms with E-state index >= 15 is 0 Å². The number of hydrogen-bond donors (Lipinski definition) is 2. The number of rotatable bonds is 22. The Morgan fingerprint density at radius 3 is 0.970 bits per heavy atom. The van der Waals surface area contributed by atoms with Crippen LogP contribution in [0.5, 0.6) is 0 Å². The van der Waals surface area contributed by atoms with Crippen molar-refractivity contribution in [3.63, 3.8) is 0 Å². The quantitative estimate of drug-likeness (QED) is 0.0852. The number of allylic oxidation sites excluding steroid dienone is 2. The normalized spacial score (nSPS) is 10.7. The molecule has 0 amide bonds. The fourth-order valence-corrected chi connectivity index (χ4v) is 3.51. The first-order valence-corrected chi connectivity index (χ1v) is 13.3. The van der Waals surface area contributed by atoms with E-state index in [1.165, 1.54) is 115 Å². The van der Waals surface area contributed by atoms with Gasteiger partial charge in [-0.15, -0.1) is 0 Å². The zero-order valence-corrected chi connectivity index (χ0v) is 24.8. The van der Waals surface area contributed by atoms with Gasteiger partial charge in [0, 0.05) is 31.6 Å². The van der Waals surface area contributed by atoms with Gasteiger partial charge in [-0.1, -0.05) is 129 Å². The average molecular weight is 518 g/mol. The molecule has 0 fully saturated rings. The third-order valence-corrected chi connectivity index (χ3v) is 5.47. The summed E-state index contributed by atoms with van der Waals surface area (Å²) in [4.78, 5) is 20.3. The summed E-state index contributed by atoms with van der Waals surface area (Å²) in [7, 11) is 0. The number of aliphatic carboxylic acids is 2. The van der Waals surface area contributed by atoms with Gasteiger partial charge in [0.25, 0.3) is 0 Å². The summed E-state index contributed by atoms with van der Waals surface area (Å²) in [6.07, 6.45) is 31.4. The fourth-order valence-electron chi connectivity index (χ4n) is 3.51. The summed E-state index contributed by atoms with van der Waals surface area (Å²) < 4.78 is 0. The van der Waals surface area contributed by atoms with E-state index in [9.17, 15) is 9.59 Å². The van der Waals surface area contributed by atoms with Gasteiger partial charge in [-0.05, 0) is 25.7 Å². The maximum Gasteiger partial charge on any atom is 0.327 e. The zero-order chi connectivity index (χ0) is 24.1. The first kappa shape index (κ1) is 36.6. The molecule has 0 aromatic carbocycles. The van der Waals surface area contributed by atoms with Crippen molar-refractivity contribution in [3.05, 3.63) is 24.3 Å². The van der Waals surface area contributed by atoms with Crippen molar-refractivity contribution in [3.8, 4) is 0 Å². The van der Waals surface area contributed by atoms with Crippen molar-refractivity contribution in [2.75, 3.05) is 0 Å². The molecule has 0 aromatic heterocycles. The molecule has 0 radical (unpaired) electrons. The Morgan fingerprint density at radius 1 is 0.485 bits per heavy atom. The van der Waals surface area contributed by atoms with Gasteiger partial charge in [-0.3, -0.25) is 0 Å². The van der Waals surface area contributed by atoms with Crippen LogP contribution in [0.2, 0.25) is 0 Å². The molecule has 4 nitrogen and oxygen atoms in total. The van der Waals surface area contributed by atoms with Crippen molar-refractivity contribution >= 4 is 11.9 Å². The minimum Gasteiger partial charge on any atom is -0.478 e. The van der Waals surface area contributed by atoms with Crippen LogP contribution in [-0.2, 0) is 29.1 Å². The zero-order valence-electron chi connectivity index (χ0n) is 21.9. The molecule has 0 unspecified atom stereocenters. The van der Waals surface area contributed by atoms with Crippen molar-refractivity contribution < 1.29 is 39.3 Å².